The molecule has 0 aromatic carbocycles. The van der Waals surface area contributed by atoms with Gasteiger partial charge < -0.3 is 0 Å². The Morgan fingerprint density at radius 2 is 1.69 bits per heavy atom. The zero-order chi connectivity index (χ0) is 12.4. The molecule has 0 aromatic rings. The van der Waals surface area contributed by atoms with Crippen LogP contribution in [0.1, 0.15) is 46.0 Å². The van der Waals surface area contributed by atoms with Crippen molar-refractivity contribution < 1.29 is 13.2 Å². The number of thioether (sulfide) groups is 1. The number of rotatable bonds is 9. The zero-order valence-corrected chi connectivity index (χ0v) is 11.8. The van der Waals surface area contributed by atoms with Crippen molar-refractivity contribution in [2.24, 2.45) is 0 Å². The fourth-order valence-electron chi connectivity index (χ4n) is 1.11. The molecule has 16 heavy (non-hydrogen) atoms. The summed E-state index contributed by atoms with van der Waals surface area (Å²) >= 11 is 1.26. The first kappa shape index (κ1) is 16.0. The van der Waals surface area contributed by atoms with Crippen molar-refractivity contribution in [3.8, 4) is 0 Å². The van der Waals surface area contributed by atoms with Crippen molar-refractivity contribution in [3.63, 3.8) is 0 Å². The third kappa shape index (κ3) is 9.21. The molecule has 0 aliphatic heterocycles. The van der Waals surface area contributed by atoms with E-state index in [1.54, 1.807) is 0 Å². The Balaban J connectivity index is 3.73. The number of unbranched alkanes of at least 4 members (excludes halogenated alkanes) is 2. The quantitative estimate of drug-likeness (QED) is 0.602. The smallest absolute Gasteiger partial charge is 0.189 e. The van der Waals surface area contributed by atoms with Crippen LogP contribution in [0.4, 0.5) is 0 Å². The number of sulfone groups is 1. The Hall–Kier alpha value is -0.0300. The second kappa shape index (κ2) is 9.05. The lowest BCUT2D eigenvalue weighted by molar-refractivity contribution is -0.110. The van der Waals surface area contributed by atoms with E-state index < -0.39 is 9.84 Å². The second-order valence-corrected chi connectivity index (χ2v) is 7.29. The van der Waals surface area contributed by atoms with Crippen LogP contribution in [0.25, 0.3) is 0 Å². The van der Waals surface area contributed by atoms with Gasteiger partial charge in [0.1, 0.15) is 0 Å². The van der Waals surface area contributed by atoms with E-state index in [9.17, 15) is 13.2 Å². The fourth-order valence-corrected chi connectivity index (χ4v) is 3.57. The Morgan fingerprint density at radius 3 is 2.25 bits per heavy atom. The lowest BCUT2D eigenvalue weighted by Crippen LogP contribution is -2.13. The summed E-state index contributed by atoms with van der Waals surface area (Å²) in [5.74, 6) is 1.05. The SMILES string of the molecule is CCCCSC(=O)CCS(=O)(=O)CCCC. The van der Waals surface area contributed by atoms with Gasteiger partial charge >= 0.3 is 0 Å². The van der Waals surface area contributed by atoms with Crippen LogP contribution in [0, 0.1) is 0 Å². The minimum Gasteiger partial charge on any atom is -0.287 e. The highest BCUT2D eigenvalue weighted by molar-refractivity contribution is 8.13. The summed E-state index contributed by atoms with van der Waals surface area (Å²) in [6, 6.07) is 0. The molecule has 0 atom stereocenters. The fraction of sp³-hybridized carbons (Fsp3) is 0.909. The van der Waals surface area contributed by atoms with E-state index >= 15 is 0 Å². The highest BCUT2D eigenvalue weighted by atomic mass is 32.2. The average Bonchev–Trinajstić information content (AvgIpc) is 2.24. The van der Waals surface area contributed by atoms with E-state index in [1.165, 1.54) is 11.8 Å². The molecule has 0 unspecified atom stereocenters. The van der Waals surface area contributed by atoms with Gasteiger partial charge in [0.2, 0.25) is 0 Å². The Kier molecular flexibility index (Phi) is 9.03. The Morgan fingerprint density at radius 1 is 1.06 bits per heavy atom. The van der Waals surface area contributed by atoms with Crippen LogP contribution in [0.2, 0.25) is 0 Å². The largest absolute Gasteiger partial charge is 0.287 e. The van der Waals surface area contributed by atoms with Gasteiger partial charge in [-0.05, 0) is 12.8 Å². The highest BCUT2D eigenvalue weighted by Crippen LogP contribution is 2.10. The molecule has 0 spiro atoms. The standard InChI is InChI=1S/C11H22O3S2/c1-3-5-8-15-11(12)7-10-16(13,14)9-6-4-2/h3-10H2,1-2H3. The van der Waals surface area contributed by atoms with Crippen molar-refractivity contribution in [1.82, 2.24) is 0 Å². The van der Waals surface area contributed by atoms with Gasteiger partial charge in [0.05, 0.1) is 11.5 Å². The molecule has 3 nitrogen and oxygen atoms in total. The molecule has 0 saturated heterocycles. The molecular weight excluding hydrogens is 244 g/mol. The molecule has 0 bridgehead atoms. The van der Waals surface area contributed by atoms with E-state index in [4.69, 9.17) is 0 Å². The van der Waals surface area contributed by atoms with Crippen LogP contribution < -0.4 is 0 Å². The van der Waals surface area contributed by atoms with Crippen LogP contribution in [-0.4, -0.2) is 30.8 Å². The summed E-state index contributed by atoms with van der Waals surface area (Å²) in [5, 5.41) is 0.00789. The van der Waals surface area contributed by atoms with Gasteiger partial charge in [0, 0.05) is 12.2 Å². The molecule has 96 valence electrons. The molecule has 0 aliphatic rings. The molecule has 0 fully saturated rings. The maximum atomic E-state index is 11.5. The summed E-state index contributed by atoms with van der Waals surface area (Å²) in [6.07, 6.45) is 3.81. The molecule has 0 radical (unpaired) electrons. The Bertz CT molecular complexity index is 284. The third-order valence-electron chi connectivity index (χ3n) is 2.19. The second-order valence-electron chi connectivity index (χ2n) is 3.83. The molecule has 5 heteroatoms. The molecule has 0 rings (SSSR count). The van der Waals surface area contributed by atoms with Crippen molar-refractivity contribution in [2.75, 3.05) is 17.3 Å². The van der Waals surface area contributed by atoms with Crippen LogP contribution in [0.5, 0.6) is 0 Å². The zero-order valence-electron chi connectivity index (χ0n) is 10.2. The molecule has 0 amide bonds. The molecule has 0 saturated carbocycles. The maximum absolute atomic E-state index is 11.5. The van der Waals surface area contributed by atoms with Crippen molar-refractivity contribution >= 4 is 26.7 Å². The highest BCUT2D eigenvalue weighted by Gasteiger charge is 2.12. The lowest BCUT2D eigenvalue weighted by Gasteiger charge is -2.02. The molecular formula is C11H22O3S2. The number of carbonyl (C=O) groups excluding carboxylic acids is 1. The predicted octanol–water partition coefficient (Wildman–Crippen LogP) is 2.65. The monoisotopic (exact) mass is 266 g/mol. The summed E-state index contributed by atoms with van der Waals surface area (Å²) in [4.78, 5) is 11.3. The van der Waals surface area contributed by atoms with Crippen molar-refractivity contribution in [3.05, 3.63) is 0 Å². The van der Waals surface area contributed by atoms with Crippen LogP contribution in [0.3, 0.4) is 0 Å². The minimum atomic E-state index is -3.00. The van der Waals surface area contributed by atoms with Crippen LogP contribution >= 0.6 is 11.8 Å². The van der Waals surface area contributed by atoms with Gasteiger partial charge in [-0.1, -0.05) is 38.5 Å². The van der Waals surface area contributed by atoms with Gasteiger partial charge in [-0.15, -0.1) is 0 Å². The first-order valence-corrected chi connectivity index (χ1v) is 8.68. The van der Waals surface area contributed by atoms with E-state index in [0.29, 0.717) is 6.42 Å². The van der Waals surface area contributed by atoms with Crippen molar-refractivity contribution in [2.45, 2.75) is 46.0 Å². The minimum absolute atomic E-state index is 0.00789. The van der Waals surface area contributed by atoms with Gasteiger partial charge in [0.15, 0.2) is 15.0 Å². The topological polar surface area (TPSA) is 51.2 Å². The molecule has 0 N–H and O–H groups in total. The van der Waals surface area contributed by atoms with E-state index in [0.717, 1.165) is 25.0 Å². The number of hydrogen-bond acceptors (Lipinski definition) is 4. The Labute approximate surface area is 103 Å². The summed E-state index contributed by atoms with van der Waals surface area (Å²) < 4.78 is 22.9. The van der Waals surface area contributed by atoms with Crippen LogP contribution in [0.15, 0.2) is 0 Å². The molecule has 0 heterocycles. The average molecular weight is 266 g/mol. The number of hydrogen-bond donors (Lipinski definition) is 0. The van der Waals surface area contributed by atoms with Crippen LogP contribution in [-0.2, 0) is 14.6 Å². The van der Waals surface area contributed by atoms with Gasteiger partial charge in [-0.25, -0.2) is 8.42 Å². The third-order valence-corrected chi connectivity index (χ3v) is 4.94. The molecule has 0 aliphatic carbocycles. The van der Waals surface area contributed by atoms with E-state index in [2.05, 4.69) is 6.92 Å². The first-order valence-electron chi connectivity index (χ1n) is 5.88. The van der Waals surface area contributed by atoms with Gasteiger partial charge in [0.25, 0.3) is 0 Å². The summed E-state index contributed by atoms with van der Waals surface area (Å²) in [5.41, 5.74) is 0. The van der Waals surface area contributed by atoms with E-state index in [-0.39, 0.29) is 23.0 Å². The summed E-state index contributed by atoms with van der Waals surface area (Å²) in [6.45, 7) is 4.03. The van der Waals surface area contributed by atoms with Gasteiger partial charge in [-0.3, -0.25) is 4.79 Å². The first-order chi connectivity index (χ1) is 7.52. The van der Waals surface area contributed by atoms with Gasteiger partial charge in [-0.2, -0.15) is 0 Å². The lowest BCUT2D eigenvalue weighted by atomic mass is 10.4. The maximum Gasteiger partial charge on any atom is 0.189 e. The summed E-state index contributed by atoms with van der Waals surface area (Å²) in [7, 11) is -3.00. The predicted molar refractivity (Wildman–Crippen MR) is 70.6 cm³/mol. The normalized spacial score (nSPS) is 11.6. The van der Waals surface area contributed by atoms with Crippen molar-refractivity contribution in [1.29, 1.82) is 0 Å². The number of carbonyl (C=O) groups is 1. The molecule has 0 aromatic heterocycles. The van der Waals surface area contributed by atoms with E-state index in [1.807, 2.05) is 6.92 Å².